The molecule has 0 N–H and O–H groups in total. The third-order valence-corrected chi connectivity index (χ3v) is 14.8. The van der Waals surface area contributed by atoms with Crippen LogP contribution >= 0.6 is 0 Å². The number of rotatable bonds is 5. The molecule has 0 fully saturated rings. The number of imidazole rings is 1. The highest BCUT2D eigenvalue weighted by Gasteiger charge is 2.45. The van der Waals surface area contributed by atoms with Gasteiger partial charge in [0.1, 0.15) is 19.6 Å². The van der Waals surface area contributed by atoms with Crippen LogP contribution in [0.25, 0.3) is 11.0 Å². The summed E-state index contributed by atoms with van der Waals surface area (Å²) in [7, 11) is -2.14. The Hall–Kier alpha value is -3.18. The standard InChI is InChI=1S/C31H37F2N3O2Si/c1-18(2)39(19(3)4,20(5)6)15-14-21-10-9-11-23-28(21)26-17-27(35(8)30(23)37)29-34-24-13-12-22(38-31(7,32)33)16-25(24)36(26)29/h9-13,16,18-20,26-27H,17H2,1-8H3/t26-,27-/m1/s1/i8D3. The zero-order valence-corrected chi connectivity index (χ0v) is 24.5. The molecule has 2 aliphatic heterocycles. The maximum Gasteiger partial charge on any atom is 0.394 e. The summed E-state index contributed by atoms with van der Waals surface area (Å²) in [6.07, 6.45) is -3.10. The molecule has 2 aromatic carbocycles. The highest BCUT2D eigenvalue weighted by molar-refractivity contribution is 6.90. The number of hydrogen-bond donors (Lipinski definition) is 0. The van der Waals surface area contributed by atoms with E-state index >= 15 is 0 Å². The highest BCUT2D eigenvalue weighted by atomic mass is 28.3. The van der Waals surface area contributed by atoms with Crippen molar-refractivity contribution in [2.45, 2.75) is 89.7 Å². The zero-order chi connectivity index (χ0) is 30.9. The molecule has 1 aromatic heterocycles. The molecule has 0 saturated heterocycles. The molecular formula is C31H37F2N3O2Si. The molecule has 5 nitrogen and oxygen atoms in total. The van der Waals surface area contributed by atoms with E-state index in [4.69, 9.17) is 13.8 Å². The van der Waals surface area contributed by atoms with Gasteiger partial charge in [-0.05, 0) is 40.9 Å². The summed E-state index contributed by atoms with van der Waals surface area (Å²) in [5.74, 6) is 3.28. The largest absolute Gasteiger partial charge is 0.433 e. The molecule has 0 aliphatic carbocycles. The van der Waals surface area contributed by atoms with Crippen LogP contribution in [-0.4, -0.2) is 41.5 Å². The second-order valence-electron chi connectivity index (χ2n) is 11.8. The van der Waals surface area contributed by atoms with E-state index in [2.05, 4.69) is 53.0 Å². The van der Waals surface area contributed by atoms with E-state index in [1.807, 2.05) is 10.6 Å². The Bertz CT molecular complexity index is 1590. The minimum atomic E-state index is -3.38. The summed E-state index contributed by atoms with van der Waals surface area (Å²) in [4.78, 5) is 19.6. The van der Waals surface area contributed by atoms with Crippen molar-refractivity contribution in [2.24, 2.45) is 0 Å². The fourth-order valence-electron chi connectivity index (χ4n) is 6.91. The zero-order valence-electron chi connectivity index (χ0n) is 26.5. The summed E-state index contributed by atoms with van der Waals surface area (Å²) in [6, 6.07) is 8.49. The lowest BCUT2D eigenvalue weighted by atomic mass is 9.94. The lowest BCUT2D eigenvalue weighted by Gasteiger charge is -2.38. The topological polar surface area (TPSA) is 47.4 Å². The van der Waals surface area contributed by atoms with Gasteiger partial charge < -0.3 is 14.2 Å². The van der Waals surface area contributed by atoms with Gasteiger partial charge in [-0.25, -0.2) is 4.98 Å². The number of fused-ring (bicyclic) bond motifs is 9. The molecule has 39 heavy (non-hydrogen) atoms. The van der Waals surface area contributed by atoms with Crippen molar-refractivity contribution in [3.63, 3.8) is 0 Å². The SMILES string of the molecule is [2H]C([2H])([2H])N1C(=O)c2cccc(C#C[Si](C(C)C)(C(C)C)C(C)C)c2[C@H]2C[C@@H]1c1nc3ccc(OC(C)(F)F)cc3n12. The van der Waals surface area contributed by atoms with Gasteiger partial charge in [0.2, 0.25) is 0 Å². The maximum absolute atomic E-state index is 14.0. The van der Waals surface area contributed by atoms with Crippen LogP contribution in [0.15, 0.2) is 36.4 Å². The van der Waals surface area contributed by atoms with Crippen molar-refractivity contribution in [3.8, 4) is 17.2 Å². The molecule has 8 heteroatoms. The van der Waals surface area contributed by atoms with E-state index < -0.39 is 39.1 Å². The number of benzene rings is 2. The van der Waals surface area contributed by atoms with Gasteiger partial charge in [0.15, 0.2) is 0 Å². The van der Waals surface area contributed by atoms with Crippen molar-refractivity contribution in [3.05, 3.63) is 58.9 Å². The summed E-state index contributed by atoms with van der Waals surface area (Å²) in [5, 5.41) is 0. The number of nitrogens with zero attached hydrogens (tertiary/aromatic N) is 3. The van der Waals surface area contributed by atoms with E-state index in [0.717, 1.165) is 4.90 Å². The fourth-order valence-corrected chi connectivity index (χ4v) is 12.1. The van der Waals surface area contributed by atoms with Crippen LogP contribution in [0.3, 0.4) is 0 Å². The molecule has 2 aliphatic rings. The van der Waals surface area contributed by atoms with Crippen molar-refractivity contribution in [2.75, 3.05) is 6.98 Å². The third kappa shape index (κ3) is 4.35. The van der Waals surface area contributed by atoms with Crippen LogP contribution in [0.5, 0.6) is 5.75 Å². The average Bonchev–Trinajstić information content (AvgIpc) is 3.35. The molecule has 3 aromatic rings. The first kappa shape index (κ1) is 23.7. The number of amides is 1. The Morgan fingerprint density at radius 3 is 2.41 bits per heavy atom. The van der Waals surface area contributed by atoms with Gasteiger partial charge in [-0.15, -0.1) is 5.54 Å². The average molecular weight is 553 g/mol. The number of hydrogen-bond acceptors (Lipinski definition) is 3. The van der Waals surface area contributed by atoms with Gasteiger partial charge in [-0.3, -0.25) is 4.79 Å². The van der Waals surface area contributed by atoms with Crippen LogP contribution in [0.1, 0.15) is 98.4 Å². The highest BCUT2D eigenvalue weighted by Crippen LogP contribution is 2.49. The molecule has 5 rings (SSSR count). The molecule has 3 heterocycles. The summed E-state index contributed by atoms with van der Waals surface area (Å²) >= 11 is 0. The molecular weight excluding hydrogens is 512 g/mol. The molecule has 206 valence electrons. The number of aromatic nitrogens is 2. The van der Waals surface area contributed by atoms with E-state index in [1.54, 1.807) is 18.2 Å². The minimum Gasteiger partial charge on any atom is -0.433 e. The smallest absolute Gasteiger partial charge is 0.394 e. The van der Waals surface area contributed by atoms with Gasteiger partial charge >= 0.3 is 6.11 Å². The lowest BCUT2D eigenvalue weighted by Crippen LogP contribution is -2.43. The van der Waals surface area contributed by atoms with Crippen molar-refractivity contribution in [1.29, 1.82) is 0 Å². The molecule has 2 bridgehead atoms. The number of halogens is 2. The first-order valence-corrected chi connectivity index (χ1v) is 15.8. The number of carbonyl (C=O) groups excluding carboxylic acids is 1. The molecule has 1 amide bonds. The monoisotopic (exact) mass is 552 g/mol. The predicted octanol–water partition coefficient (Wildman–Crippen LogP) is 7.72. The van der Waals surface area contributed by atoms with E-state index in [0.29, 0.717) is 51.5 Å². The second-order valence-corrected chi connectivity index (χ2v) is 17.3. The summed E-state index contributed by atoms with van der Waals surface area (Å²) in [5.41, 5.74) is 7.59. The van der Waals surface area contributed by atoms with Crippen LogP contribution in [0.2, 0.25) is 16.6 Å². The summed E-state index contributed by atoms with van der Waals surface area (Å²) in [6.45, 7) is 11.3. The van der Waals surface area contributed by atoms with Gasteiger partial charge in [-0.1, -0.05) is 53.5 Å². The second kappa shape index (κ2) is 9.48. The molecule has 0 unspecified atom stereocenters. The molecule has 0 spiro atoms. The van der Waals surface area contributed by atoms with Crippen molar-refractivity contribution < 1.29 is 22.4 Å². The van der Waals surface area contributed by atoms with Crippen LogP contribution in [0, 0.1) is 11.5 Å². The van der Waals surface area contributed by atoms with Crippen LogP contribution in [0.4, 0.5) is 8.78 Å². The van der Waals surface area contributed by atoms with Gasteiger partial charge in [-0.2, -0.15) is 8.78 Å². The first-order valence-electron chi connectivity index (χ1n) is 15.1. The van der Waals surface area contributed by atoms with Crippen LogP contribution in [-0.2, 0) is 0 Å². The Balaban J connectivity index is 1.79. The quantitative estimate of drug-likeness (QED) is 0.241. The predicted molar refractivity (Wildman–Crippen MR) is 153 cm³/mol. The van der Waals surface area contributed by atoms with Crippen molar-refractivity contribution in [1.82, 2.24) is 14.5 Å². The Morgan fingerprint density at radius 2 is 1.79 bits per heavy atom. The van der Waals surface area contributed by atoms with Crippen molar-refractivity contribution >= 4 is 25.0 Å². The minimum absolute atomic E-state index is 0.0319. The Labute approximate surface area is 234 Å². The first-order chi connectivity index (χ1) is 19.5. The molecule has 0 saturated carbocycles. The Kier molecular flexibility index (Phi) is 5.76. The Morgan fingerprint density at radius 1 is 1.10 bits per heavy atom. The van der Waals surface area contributed by atoms with Gasteiger partial charge in [0.05, 0.1) is 23.1 Å². The number of alkyl halides is 2. The van der Waals surface area contributed by atoms with Crippen LogP contribution < -0.4 is 4.74 Å². The van der Waals surface area contributed by atoms with E-state index in [-0.39, 0.29) is 17.7 Å². The van der Waals surface area contributed by atoms with E-state index in [9.17, 15) is 13.6 Å². The fraction of sp³-hybridized carbons (Fsp3) is 0.484. The number of carbonyl (C=O) groups is 1. The number of ether oxygens (including phenoxy) is 1. The van der Waals surface area contributed by atoms with Gasteiger partial charge in [0.25, 0.3) is 5.91 Å². The summed E-state index contributed by atoms with van der Waals surface area (Å²) < 4.78 is 59.1. The molecule has 0 radical (unpaired) electrons. The van der Waals surface area contributed by atoms with Gasteiger partial charge in [0, 0.05) is 47.2 Å². The normalized spacial score (nSPS) is 20.4. The lowest BCUT2D eigenvalue weighted by molar-refractivity contribution is -0.158. The van der Waals surface area contributed by atoms with E-state index in [1.165, 1.54) is 12.1 Å². The third-order valence-electron chi connectivity index (χ3n) is 8.52. The molecule has 2 atom stereocenters. The maximum atomic E-state index is 14.0.